The van der Waals surface area contributed by atoms with Crippen LogP contribution in [0.15, 0.2) is 52.3 Å². The number of aliphatic carboxylic acids is 1. The first-order valence-electron chi connectivity index (χ1n) is 8.43. The maximum absolute atomic E-state index is 12.7. The Hall–Kier alpha value is -2.87. The molecular weight excluding hydrogens is 368 g/mol. The van der Waals surface area contributed by atoms with E-state index in [2.05, 4.69) is 0 Å². The molecule has 1 N–H and O–H groups in total. The van der Waals surface area contributed by atoms with E-state index in [-0.39, 0.29) is 11.3 Å². The highest BCUT2D eigenvalue weighted by Gasteiger charge is 2.35. The SMILES string of the molecule is Cc1ccc(Sc2ccc(C(=O)N3CCC[C@H]3C(=O)O)cc2[N+](=O)[O-])cc1. The van der Waals surface area contributed by atoms with Crippen LogP contribution in [0.1, 0.15) is 28.8 Å². The number of carbonyl (C=O) groups excluding carboxylic acids is 1. The lowest BCUT2D eigenvalue weighted by Gasteiger charge is -2.21. The van der Waals surface area contributed by atoms with Crippen molar-refractivity contribution in [2.45, 2.75) is 35.6 Å². The van der Waals surface area contributed by atoms with Gasteiger partial charge in [0.1, 0.15) is 6.04 Å². The van der Waals surface area contributed by atoms with Gasteiger partial charge in [-0.1, -0.05) is 29.5 Å². The second-order valence-corrected chi connectivity index (χ2v) is 7.46. The predicted molar refractivity (Wildman–Crippen MR) is 100 cm³/mol. The highest BCUT2D eigenvalue weighted by atomic mass is 32.2. The number of amides is 1. The van der Waals surface area contributed by atoms with Gasteiger partial charge in [0.2, 0.25) is 0 Å². The van der Waals surface area contributed by atoms with E-state index in [0.717, 1.165) is 10.5 Å². The van der Waals surface area contributed by atoms with Crippen molar-refractivity contribution in [1.29, 1.82) is 0 Å². The molecule has 0 radical (unpaired) electrons. The van der Waals surface area contributed by atoms with Crippen molar-refractivity contribution in [2.24, 2.45) is 0 Å². The predicted octanol–water partition coefficient (Wildman–Crippen LogP) is 3.74. The molecule has 2 aromatic carbocycles. The van der Waals surface area contributed by atoms with Crippen LogP contribution in [-0.2, 0) is 4.79 Å². The topological polar surface area (TPSA) is 101 Å². The van der Waals surface area contributed by atoms with Crippen LogP contribution in [0.2, 0.25) is 0 Å². The summed E-state index contributed by atoms with van der Waals surface area (Å²) in [6.07, 6.45) is 0.997. The van der Waals surface area contributed by atoms with Gasteiger partial charge in [-0.2, -0.15) is 0 Å². The fraction of sp³-hybridized carbons (Fsp3) is 0.263. The van der Waals surface area contributed by atoms with Gasteiger partial charge in [0.05, 0.1) is 9.82 Å². The number of rotatable bonds is 5. The van der Waals surface area contributed by atoms with Crippen LogP contribution < -0.4 is 0 Å². The third-order valence-corrected chi connectivity index (χ3v) is 5.52. The van der Waals surface area contributed by atoms with E-state index in [0.29, 0.717) is 24.3 Å². The minimum Gasteiger partial charge on any atom is -0.480 e. The zero-order valence-electron chi connectivity index (χ0n) is 14.6. The zero-order chi connectivity index (χ0) is 19.6. The van der Waals surface area contributed by atoms with Crippen molar-refractivity contribution in [3.8, 4) is 0 Å². The fourth-order valence-corrected chi connectivity index (χ4v) is 3.95. The van der Waals surface area contributed by atoms with Crippen LogP contribution in [-0.4, -0.2) is 39.4 Å². The summed E-state index contributed by atoms with van der Waals surface area (Å²) in [7, 11) is 0. The molecule has 3 rings (SSSR count). The molecule has 7 nitrogen and oxygen atoms in total. The van der Waals surface area contributed by atoms with Gasteiger partial charge >= 0.3 is 5.97 Å². The molecule has 140 valence electrons. The number of nitro benzene ring substituents is 1. The number of carbonyl (C=O) groups is 2. The van der Waals surface area contributed by atoms with E-state index in [1.165, 1.54) is 28.8 Å². The third kappa shape index (κ3) is 4.11. The number of carboxylic acids is 1. The van der Waals surface area contributed by atoms with E-state index in [9.17, 15) is 24.8 Å². The molecule has 0 saturated carbocycles. The molecule has 1 aliphatic heterocycles. The van der Waals surface area contributed by atoms with Gasteiger partial charge in [0, 0.05) is 23.1 Å². The van der Waals surface area contributed by atoms with Crippen molar-refractivity contribution in [2.75, 3.05) is 6.54 Å². The van der Waals surface area contributed by atoms with Crippen LogP contribution >= 0.6 is 11.8 Å². The van der Waals surface area contributed by atoms with E-state index >= 15 is 0 Å². The monoisotopic (exact) mass is 386 g/mol. The average Bonchev–Trinajstić information content (AvgIpc) is 3.13. The molecule has 2 aromatic rings. The molecule has 8 heteroatoms. The van der Waals surface area contributed by atoms with Crippen molar-refractivity contribution in [3.05, 3.63) is 63.7 Å². The lowest BCUT2D eigenvalue weighted by Crippen LogP contribution is -2.40. The molecule has 1 fully saturated rings. The molecule has 0 aromatic heterocycles. The normalized spacial score (nSPS) is 16.3. The maximum Gasteiger partial charge on any atom is 0.326 e. The van der Waals surface area contributed by atoms with Gasteiger partial charge in [-0.05, 0) is 44.0 Å². The lowest BCUT2D eigenvalue weighted by molar-refractivity contribution is -0.387. The number of nitro groups is 1. The molecule has 1 atom stereocenters. The van der Waals surface area contributed by atoms with Gasteiger partial charge in [0.15, 0.2) is 0 Å². The smallest absolute Gasteiger partial charge is 0.326 e. The first kappa shape index (κ1) is 18.9. The van der Waals surface area contributed by atoms with Crippen molar-refractivity contribution in [1.82, 2.24) is 4.90 Å². The Morgan fingerprint density at radius 1 is 1.22 bits per heavy atom. The number of likely N-dealkylation sites (tertiary alicyclic amines) is 1. The van der Waals surface area contributed by atoms with E-state index in [4.69, 9.17) is 0 Å². The number of nitrogens with zero attached hydrogens (tertiary/aromatic N) is 2. The summed E-state index contributed by atoms with van der Waals surface area (Å²) >= 11 is 1.25. The Morgan fingerprint density at radius 3 is 2.56 bits per heavy atom. The van der Waals surface area contributed by atoms with E-state index in [1.807, 2.05) is 31.2 Å². The summed E-state index contributed by atoms with van der Waals surface area (Å²) in [5.74, 6) is -1.54. The number of aryl methyl sites for hydroxylation is 1. The number of carboxylic acid groups (broad SMARTS) is 1. The summed E-state index contributed by atoms with van der Waals surface area (Å²) < 4.78 is 0. The molecule has 0 bridgehead atoms. The largest absolute Gasteiger partial charge is 0.480 e. The Bertz CT molecular complexity index is 897. The minimum absolute atomic E-state index is 0.128. The van der Waals surface area contributed by atoms with Crippen molar-refractivity contribution in [3.63, 3.8) is 0 Å². The fourth-order valence-electron chi connectivity index (χ4n) is 3.05. The van der Waals surface area contributed by atoms with Gasteiger partial charge in [-0.25, -0.2) is 4.79 Å². The molecule has 1 heterocycles. The summed E-state index contributed by atoms with van der Waals surface area (Å²) in [6.45, 7) is 2.30. The van der Waals surface area contributed by atoms with Crippen LogP contribution in [0.4, 0.5) is 5.69 Å². The average molecular weight is 386 g/mol. The Kier molecular flexibility index (Phi) is 5.46. The molecule has 0 unspecified atom stereocenters. The quantitative estimate of drug-likeness (QED) is 0.620. The molecule has 27 heavy (non-hydrogen) atoms. The van der Waals surface area contributed by atoms with Crippen LogP contribution in [0.3, 0.4) is 0 Å². The molecular formula is C19H18N2O5S. The van der Waals surface area contributed by atoms with E-state index in [1.54, 1.807) is 6.07 Å². The minimum atomic E-state index is -1.05. The van der Waals surface area contributed by atoms with Gasteiger partial charge in [-0.15, -0.1) is 0 Å². The second kappa shape index (κ2) is 7.79. The Labute approximate surface area is 160 Å². The highest BCUT2D eigenvalue weighted by molar-refractivity contribution is 7.99. The Balaban J connectivity index is 1.89. The first-order chi connectivity index (χ1) is 12.9. The lowest BCUT2D eigenvalue weighted by atomic mass is 10.1. The number of benzene rings is 2. The summed E-state index contributed by atoms with van der Waals surface area (Å²) in [6, 6.07) is 11.0. The van der Waals surface area contributed by atoms with Gasteiger partial charge in [0.25, 0.3) is 11.6 Å². The van der Waals surface area contributed by atoms with Crippen LogP contribution in [0.25, 0.3) is 0 Å². The second-order valence-electron chi connectivity index (χ2n) is 6.35. The third-order valence-electron chi connectivity index (χ3n) is 4.45. The summed E-state index contributed by atoms with van der Waals surface area (Å²) in [4.78, 5) is 37.5. The maximum atomic E-state index is 12.7. The highest BCUT2D eigenvalue weighted by Crippen LogP contribution is 2.36. The zero-order valence-corrected chi connectivity index (χ0v) is 15.4. The van der Waals surface area contributed by atoms with E-state index < -0.39 is 22.8 Å². The molecule has 1 saturated heterocycles. The molecule has 1 amide bonds. The van der Waals surface area contributed by atoms with Crippen LogP contribution in [0.5, 0.6) is 0 Å². The van der Waals surface area contributed by atoms with Crippen molar-refractivity contribution >= 4 is 29.3 Å². The van der Waals surface area contributed by atoms with Gasteiger partial charge in [-0.3, -0.25) is 14.9 Å². The summed E-state index contributed by atoms with van der Waals surface area (Å²) in [5, 5.41) is 20.8. The molecule has 0 spiro atoms. The summed E-state index contributed by atoms with van der Waals surface area (Å²) in [5.41, 5.74) is 1.05. The first-order valence-corrected chi connectivity index (χ1v) is 9.25. The standard InChI is InChI=1S/C19H18N2O5S/c1-12-4-7-14(8-5-12)27-17-9-6-13(11-16(17)21(25)26)18(22)20-10-2-3-15(20)19(23)24/h4-9,11,15H,2-3,10H2,1H3,(H,23,24)/t15-/m0/s1. The molecule has 0 aliphatic carbocycles. The number of hydrogen-bond donors (Lipinski definition) is 1. The van der Waals surface area contributed by atoms with Gasteiger partial charge < -0.3 is 10.0 Å². The van der Waals surface area contributed by atoms with Crippen LogP contribution in [0, 0.1) is 17.0 Å². The number of hydrogen-bond acceptors (Lipinski definition) is 5. The Morgan fingerprint density at radius 2 is 1.93 bits per heavy atom. The molecule has 1 aliphatic rings. The van der Waals surface area contributed by atoms with Crippen molar-refractivity contribution < 1.29 is 19.6 Å².